The van der Waals surface area contributed by atoms with E-state index in [0.717, 1.165) is 48.0 Å². The van der Waals surface area contributed by atoms with Crippen molar-refractivity contribution in [1.29, 1.82) is 0 Å². The molecule has 1 N–H and O–H groups in total. The molecule has 1 fully saturated rings. The molecule has 0 aromatic carbocycles. The fourth-order valence-electron chi connectivity index (χ4n) is 3.58. The summed E-state index contributed by atoms with van der Waals surface area (Å²) in [5.41, 5.74) is 3.21. The maximum Gasteiger partial charge on any atom is 0.224 e. The van der Waals surface area contributed by atoms with E-state index in [1.54, 1.807) is 12.4 Å². The minimum Gasteiger partial charge on any atom is -0.356 e. The summed E-state index contributed by atoms with van der Waals surface area (Å²) in [6, 6.07) is 3.90. The van der Waals surface area contributed by atoms with Gasteiger partial charge in [-0.2, -0.15) is 5.10 Å². The van der Waals surface area contributed by atoms with Gasteiger partial charge in [-0.15, -0.1) is 0 Å². The lowest BCUT2D eigenvalue weighted by Crippen LogP contribution is -2.19. The van der Waals surface area contributed by atoms with Gasteiger partial charge in [-0.1, -0.05) is 20.8 Å². The quantitative estimate of drug-likeness (QED) is 0.702. The molecule has 7 heteroatoms. The predicted molar refractivity (Wildman–Crippen MR) is 112 cm³/mol. The number of aromatic nitrogens is 4. The van der Waals surface area contributed by atoms with Crippen LogP contribution in [0.4, 0.5) is 5.69 Å². The third-order valence-corrected chi connectivity index (χ3v) is 4.92. The van der Waals surface area contributed by atoms with E-state index in [1.807, 2.05) is 50.0 Å². The number of ether oxygens (including phenoxy) is 1. The first-order valence-electron chi connectivity index (χ1n) is 10.1. The third kappa shape index (κ3) is 4.62. The second-order valence-corrected chi connectivity index (χ2v) is 8.79. The molecule has 1 atom stereocenters. The fourth-order valence-corrected chi connectivity index (χ4v) is 3.58. The zero-order valence-corrected chi connectivity index (χ0v) is 17.2. The van der Waals surface area contributed by atoms with Crippen LogP contribution in [-0.2, 0) is 9.53 Å². The number of hydrogen-bond acceptors (Lipinski definition) is 5. The minimum absolute atomic E-state index is 0.0167. The second kappa shape index (κ2) is 7.91. The van der Waals surface area contributed by atoms with E-state index in [0.29, 0.717) is 12.1 Å². The molecular formula is C22H27N5O2. The number of nitrogens with one attached hydrogen (secondary N) is 1. The first kappa shape index (κ1) is 19.5. The van der Waals surface area contributed by atoms with Crippen LogP contribution in [0.15, 0.2) is 36.9 Å². The zero-order chi connectivity index (χ0) is 20.4. The van der Waals surface area contributed by atoms with Gasteiger partial charge in [0.15, 0.2) is 6.23 Å². The van der Waals surface area contributed by atoms with E-state index in [-0.39, 0.29) is 17.6 Å². The van der Waals surface area contributed by atoms with Crippen LogP contribution in [-0.4, -0.2) is 32.3 Å². The molecule has 7 nitrogen and oxygen atoms in total. The highest BCUT2D eigenvalue weighted by molar-refractivity contribution is 5.91. The molecule has 0 aliphatic carbocycles. The van der Waals surface area contributed by atoms with Gasteiger partial charge in [-0.25, -0.2) is 4.68 Å². The largest absolute Gasteiger partial charge is 0.356 e. The van der Waals surface area contributed by atoms with E-state index in [9.17, 15) is 4.79 Å². The van der Waals surface area contributed by atoms with Gasteiger partial charge in [-0.05, 0) is 36.8 Å². The van der Waals surface area contributed by atoms with Crippen molar-refractivity contribution in [3.8, 4) is 11.3 Å². The third-order valence-electron chi connectivity index (χ3n) is 4.92. The second-order valence-electron chi connectivity index (χ2n) is 8.79. The van der Waals surface area contributed by atoms with Crippen molar-refractivity contribution in [3.63, 3.8) is 0 Å². The summed E-state index contributed by atoms with van der Waals surface area (Å²) in [4.78, 5) is 21.1. The Kier molecular flexibility index (Phi) is 5.32. The van der Waals surface area contributed by atoms with E-state index in [2.05, 4.69) is 20.4 Å². The SMILES string of the molecule is CC(C)(C)CC(=O)Nc1cncc(-c2cc3cnn([C@H]4CCCCO4)c3cn2)c1. The molecule has 1 saturated heterocycles. The van der Waals surface area contributed by atoms with Crippen molar-refractivity contribution in [1.82, 2.24) is 19.7 Å². The molecule has 3 aromatic heterocycles. The van der Waals surface area contributed by atoms with Gasteiger partial charge < -0.3 is 10.1 Å². The van der Waals surface area contributed by atoms with Gasteiger partial charge in [0.2, 0.25) is 5.91 Å². The van der Waals surface area contributed by atoms with E-state index in [1.165, 1.54) is 0 Å². The first-order valence-corrected chi connectivity index (χ1v) is 10.1. The van der Waals surface area contributed by atoms with Crippen LogP contribution < -0.4 is 5.32 Å². The molecule has 1 aliphatic rings. The lowest BCUT2D eigenvalue weighted by atomic mass is 9.92. The Hall–Kier alpha value is -2.80. The summed E-state index contributed by atoms with van der Waals surface area (Å²) in [6.45, 7) is 6.90. The van der Waals surface area contributed by atoms with Gasteiger partial charge in [0.25, 0.3) is 0 Å². The Labute approximate surface area is 170 Å². The van der Waals surface area contributed by atoms with E-state index in [4.69, 9.17) is 4.74 Å². The van der Waals surface area contributed by atoms with Crippen molar-refractivity contribution >= 4 is 22.5 Å². The highest BCUT2D eigenvalue weighted by Gasteiger charge is 2.19. The van der Waals surface area contributed by atoms with Crippen LogP contribution in [0.25, 0.3) is 22.2 Å². The average molecular weight is 393 g/mol. The van der Waals surface area contributed by atoms with Crippen LogP contribution in [0, 0.1) is 5.41 Å². The summed E-state index contributed by atoms with van der Waals surface area (Å²) >= 11 is 0. The summed E-state index contributed by atoms with van der Waals surface area (Å²) in [6.07, 6.45) is 10.7. The minimum atomic E-state index is -0.0656. The first-order chi connectivity index (χ1) is 13.9. The standard InChI is InChI=1S/C22H27N5O2/c1-22(2,3)10-20(28)26-17-8-15(11-23-13-17)18-9-16-12-25-27(19(16)14-24-18)21-6-4-5-7-29-21/h8-9,11-14,21H,4-7,10H2,1-3H3,(H,26,28)/t21-/m1/s1. The monoisotopic (exact) mass is 393 g/mol. The summed E-state index contributed by atoms with van der Waals surface area (Å²) in [5.74, 6) is -0.0198. The molecular weight excluding hydrogens is 366 g/mol. The number of carbonyl (C=O) groups excluding carboxylic acids is 1. The Morgan fingerprint density at radius 3 is 2.83 bits per heavy atom. The van der Waals surface area contributed by atoms with Crippen LogP contribution in [0.5, 0.6) is 0 Å². The lowest BCUT2D eigenvalue weighted by Gasteiger charge is -2.23. The lowest BCUT2D eigenvalue weighted by molar-refractivity contribution is -0.117. The molecule has 0 radical (unpaired) electrons. The normalized spacial score (nSPS) is 17.4. The van der Waals surface area contributed by atoms with Gasteiger partial charge in [0.05, 0.1) is 35.5 Å². The maximum atomic E-state index is 12.2. The molecule has 4 rings (SSSR count). The molecule has 152 valence electrons. The van der Waals surface area contributed by atoms with Crippen molar-refractivity contribution in [2.45, 2.75) is 52.7 Å². The smallest absolute Gasteiger partial charge is 0.224 e. The molecule has 3 aromatic rings. The van der Waals surface area contributed by atoms with Crippen LogP contribution in [0.2, 0.25) is 0 Å². The highest BCUT2D eigenvalue weighted by Crippen LogP contribution is 2.28. The van der Waals surface area contributed by atoms with E-state index < -0.39 is 0 Å². The maximum absolute atomic E-state index is 12.2. The topological polar surface area (TPSA) is 81.9 Å². The number of carbonyl (C=O) groups is 1. The van der Waals surface area contributed by atoms with Crippen LogP contribution in [0.3, 0.4) is 0 Å². The molecule has 0 bridgehead atoms. The molecule has 0 unspecified atom stereocenters. The number of pyridine rings is 2. The number of hydrogen-bond donors (Lipinski definition) is 1. The highest BCUT2D eigenvalue weighted by atomic mass is 16.5. The fraction of sp³-hybridized carbons (Fsp3) is 0.455. The number of rotatable bonds is 4. The number of anilines is 1. The predicted octanol–water partition coefficient (Wildman–Crippen LogP) is 4.57. The number of amides is 1. The Morgan fingerprint density at radius 1 is 1.21 bits per heavy atom. The van der Waals surface area contributed by atoms with E-state index >= 15 is 0 Å². The molecule has 1 aliphatic heterocycles. The Balaban J connectivity index is 1.56. The molecule has 4 heterocycles. The number of nitrogens with zero attached hydrogens (tertiary/aromatic N) is 4. The van der Waals surface area contributed by atoms with Gasteiger partial charge in [0.1, 0.15) is 0 Å². The molecule has 1 amide bonds. The molecule has 29 heavy (non-hydrogen) atoms. The average Bonchev–Trinajstić information content (AvgIpc) is 3.10. The molecule has 0 saturated carbocycles. The van der Waals surface area contributed by atoms with Crippen molar-refractivity contribution < 1.29 is 9.53 Å². The molecule has 0 spiro atoms. The zero-order valence-electron chi connectivity index (χ0n) is 17.2. The number of fused-ring (bicyclic) bond motifs is 1. The van der Waals surface area contributed by atoms with Crippen molar-refractivity contribution in [2.75, 3.05) is 11.9 Å². The van der Waals surface area contributed by atoms with Gasteiger partial charge in [0, 0.05) is 30.2 Å². The van der Waals surface area contributed by atoms with Gasteiger partial charge in [-0.3, -0.25) is 14.8 Å². The van der Waals surface area contributed by atoms with Gasteiger partial charge >= 0.3 is 0 Å². The Morgan fingerprint density at radius 2 is 2.07 bits per heavy atom. The summed E-state index contributed by atoms with van der Waals surface area (Å²) in [5, 5.41) is 8.46. The van der Waals surface area contributed by atoms with Crippen LogP contribution >= 0.6 is 0 Å². The van der Waals surface area contributed by atoms with Crippen LogP contribution in [0.1, 0.15) is 52.7 Å². The summed E-state index contributed by atoms with van der Waals surface area (Å²) < 4.78 is 7.78. The Bertz CT molecular complexity index is 1020. The van der Waals surface area contributed by atoms with Crippen molar-refractivity contribution in [3.05, 3.63) is 36.9 Å². The van der Waals surface area contributed by atoms with Crippen molar-refractivity contribution in [2.24, 2.45) is 5.41 Å². The summed E-state index contributed by atoms with van der Waals surface area (Å²) in [7, 11) is 0.